The minimum absolute atomic E-state index is 0.0564. The molecule has 38 heavy (non-hydrogen) atoms. The highest BCUT2D eigenvalue weighted by molar-refractivity contribution is 7.99. The Balaban J connectivity index is 1.56. The average molecular weight is 570 g/mol. The maximum Gasteiger partial charge on any atom is 0.243 e. The molecule has 1 aliphatic carbocycles. The highest BCUT2D eigenvalue weighted by atomic mass is 35.5. The van der Waals surface area contributed by atoms with E-state index >= 15 is 0 Å². The summed E-state index contributed by atoms with van der Waals surface area (Å²) in [5.41, 5.74) is 4.17. The summed E-state index contributed by atoms with van der Waals surface area (Å²) in [5, 5.41) is 4.27. The molecule has 0 bridgehead atoms. The Morgan fingerprint density at radius 3 is 2.37 bits per heavy atom. The zero-order valence-corrected chi connectivity index (χ0v) is 24.0. The molecule has 1 fully saturated rings. The van der Waals surface area contributed by atoms with E-state index in [2.05, 4.69) is 11.4 Å². The third kappa shape index (κ3) is 8.26. The number of nitrogens with one attached hydrogen (secondary N) is 1. The van der Waals surface area contributed by atoms with E-state index in [9.17, 15) is 9.59 Å². The quantitative estimate of drug-likeness (QED) is 0.265. The number of hydrogen-bond acceptors (Lipinski definition) is 3. The van der Waals surface area contributed by atoms with Crippen LogP contribution in [0.25, 0.3) is 0 Å². The minimum Gasteiger partial charge on any atom is -0.352 e. The number of amides is 2. The molecule has 1 aliphatic rings. The number of benzene rings is 3. The molecular formula is C31H34Cl2N2O2S. The molecule has 0 radical (unpaired) electrons. The number of thioether (sulfide) groups is 1. The molecule has 0 spiro atoms. The van der Waals surface area contributed by atoms with E-state index in [-0.39, 0.29) is 23.6 Å². The van der Waals surface area contributed by atoms with Gasteiger partial charge in [-0.15, -0.1) is 11.8 Å². The molecule has 2 amide bonds. The maximum absolute atomic E-state index is 13.8. The van der Waals surface area contributed by atoms with E-state index in [0.717, 1.165) is 47.9 Å². The second kappa shape index (κ2) is 14.1. The second-order valence-corrected chi connectivity index (χ2v) is 11.7. The van der Waals surface area contributed by atoms with Crippen molar-refractivity contribution in [2.45, 2.75) is 63.4 Å². The molecule has 7 heteroatoms. The summed E-state index contributed by atoms with van der Waals surface area (Å²) in [7, 11) is 0. The highest BCUT2D eigenvalue weighted by Gasteiger charge is 2.32. The standard InChI is InChI=1S/C31H34Cl2N2O2S/c1-22-8-7-11-24(16-22)19-35(30(36)21-38-20-25-14-15-27(32)28(33)17-25)29(18-23-9-3-2-4-10-23)31(37)34-26-12-5-6-13-26/h2-4,7-11,14-17,26,29H,5-6,12-13,18-21H2,1H3,(H,34,37). The lowest BCUT2D eigenvalue weighted by atomic mass is 10.0. The predicted octanol–water partition coefficient (Wildman–Crippen LogP) is 7.23. The van der Waals surface area contributed by atoms with Crippen LogP contribution in [0.4, 0.5) is 0 Å². The van der Waals surface area contributed by atoms with Gasteiger partial charge in [-0.05, 0) is 48.6 Å². The topological polar surface area (TPSA) is 49.4 Å². The molecule has 1 saturated carbocycles. The molecule has 4 nitrogen and oxygen atoms in total. The van der Waals surface area contributed by atoms with Gasteiger partial charge in [-0.3, -0.25) is 9.59 Å². The van der Waals surface area contributed by atoms with E-state index in [0.29, 0.717) is 28.8 Å². The molecule has 3 aromatic carbocycles. The first kappa shape index (κ1) is 28.5. The normalized spacial score (nSPS) is 14.3. The molecule has 0 saturated heterocycles. The Hall–Kier alpha value is -2.47. The molecule has 200 valence electrons. The van der Waals surface area contributed by atoms with E-state index < -0.39 is 6.04 Å². The van der Waals surface area contributed by atoms with Crippen molar-refractivity contribution < 1.29 is 9.59 Å². The first-order valence-corrected chi connectivity index (χ1v) is 15.0. The van der Waals surface area contributed by atoms with Crippen molar-refractivity contribution in [1.29, 1.82) is 0 Å². The van der Waals surface area contributed by atoms with Crippen LogP contribution in [0, 0.1) is 6.92 Å². The van der Waals surface area contributed by atoms with Crippen LogP contribution < -0.4 is 5.32 Å². The zero-order chi connectivity index (χ0) is 26.9. The van der Waals surface area contributed by atoms with Crippen molar-refractivity contribution in [3.8, 4) is 0 Å². The van der Waals surface area contributed by atoms with E-state index in [1.807, 2.05) is 67.6 Å². The van der Waals surface area contributed by atoms with Crippen LogP contribution in [0.2, 0.25) is 10.0 Å². The van der Waals surface area contributed by atoms with Gasteiger partial charge in [0.1, 0.15) is 6.04 Å². The first-order chi connectivity index (χ1) is 18.4. The molecule has 0 aliphatic heterocycles. The highest BCUT2D eigenvalue weighted by Crippen LogP contribution is 2.25. The first-order valence-electron chi connectivity index (χ1n) is 13.1. The molecule has 1 N–H and O–H groups in total. The average Bonchev–Trinajstić information content (AvgIpc) is 3.42. The zero-order valence-electron chi connectivity index (χ0n) is 21.7. The molecule has 0 heterocycles. The van der Waals surface area contributed by atoms with E-state index in [1.54, 1.807) is 11.0 Å². The Bertz CT molecular complexity index is 1230. The predicted molar refractivity (Wildman–Crippen MR) is 159 cm³/mol. The van der Waals surface area contributed by atoms with Crippen molar-refractivity contribution in [2.24, 2.45) is 0 Å². The summed E-state index contributed by atoms with van der Waals surface area (Å²) in [6, 6.07) is 23.2. The van der Waals surface area contributed by atoms with Gasteiger partial charge >= 0.3 is 0 Å². The van der Waals surface area contributed by atoms with Gasteiger partial charge in [0, 0.05) is 24.8 Å². The fourth-order valence-electron chi connectivity index (χ4n) is 4.90. The third-order valence-electron chi connectivity index (χ3n) is 6.89. The Morgan fingerprint density at radius 2 is 1.66 bits per heavy atom. The van der Waals surface area contributed by atoms with Gasteiger partial charge in [-0.2, -0.15) is 0 Å². The Kier molecular flexibility index (Phi) is 10.6. The van der Waals surface area contributed by atoms with Crippen molar-refractivity contribution >= 4 is 46.8 Å². The van der Waals surface area contributed by atoms with Crippen LogP contribution in [-0.4, -0.2) is 34.6 Å². The fourth-order valence-corrected chi connectivity index (χ4v) is 6.08. The minimum atomic E-state index is -0.600. The molecule has 1 unspecified atom stereocenters. The lowest BCUT2D eigenvalue weighted by Gasteiger charge is -2.32. The number of rotatable bonds is 11. The van der Waals surface area contributed by atoms with Crippen LogP contribution in [0.15, 0.2) is 72.8 Å². The van der Waals surface area contributed by atoms with Gasteiger partial charge in [0.15, 0.2) is 0 Å². The third-order valence-corrected chi connectivity index (χ3v) is 8.61. The van der Waals surface area contributed by atoms with Gasteiger partial charge in [0.25, 0.3) is 0 Å². The summed E-state index contributed by atoms with van der Waals surface area (Å²) in [6.45, 7) is 2.42. The van der Waals surface area contributed by atoms with E-state index in [1.165, 1.54) is 11.8 Å². The SMILES string of the molecule is Cc1cccc(CN(C(=O)CSCc2ccc(Cl)c(Cl)c2)C(Cc2ccccc2)C(=O)NC2CCCC2)c1. The van der Waals surface area contributed by atoms with Crippen LogP contribution >= 0.6 is 35.0 Å². The maximum atomic E-state index is 13.8. The summed E-state index contributed by atoms with van der Waals surface area (Å²) >= 11 is 13.7. The molecule has 3 aromatic rings. The number of carbonyl (C=O) groups excluding carboxylic acids is 2. The van der Waals surface area contributed by atoms with Crippen molar-refractivity contribution in [1.82, 2.24) is 10.2 Å². The number of hydrogen-bond donors (Lipinski definition) is 1. The van der Waals surface area contributed by atoms with Crippen LogP contribution in [0.5, 0.6) is 0 Å². The van der Waals surface area contributed by atoms with Gasteiger partial charge in [-0.1, -0.05) is 102 Å². The van der Waals surface area contributed by atoms with Gasteiger partial charge in [0.05, 0.1) is 15.8 Å². The van der Waals surface area contributed by atoms with Crippen LogP contribution in [-0.2, 0) is 28.3 Å². The lowest BCUT2D eigenvalue weighted by molar-refractivity contribution is -0.139. The van der Waals surface area contributed by atoms with E-state index in [4.69, 9.17) is 23.2 Å². The van der Waals surface area contributed by atoms with Crippen molar-refractivity contribution in [2.75, 3.05) is 5.75 Å². The Morgan fingerprint density at radius 1 is 0.921 bits per heavy atom. The second-order valence-electron chi connectivity index (χ2n) is 9.95. The molecule has 4 rings (SSSR count). The number of nitrogens with zero attached hydrogens (tertiary/aromatic N) is 1. The van der Waals surface area contributed by atoms with Crippen LogP contribution in [0.3, 0.4) is 0 Å². The summed E-state index contributed by atoms with van der Waals surface area (Å²) in [5.74, 6) is 0.752. The molecule has 0 aromatic heterocycles. The fraction of sp³-hybridized carbons (Fsp3) is 0.355. The largest absolute Gasteiger partial charge is 0.352 e. The summed E-state index contributed by atoms with van der Waals surface area (Å²) in [4.78, 5) is 29.3. The van der Waals surface area contributed by atoms with Gasteiger partial charge in [-0.25, -0.2) is 0 Å². The lowest BCUT2D eigenvalue weighted by Crippen LogP contribution is -2.52. The molecule has 1 atom stereocenters. The van der Waals surface area contributed by atoms with Crippen LogP contribution in [0.1, 0.15) is 47.9 Å². The summed E-state index contributed by atoms with van der Waals surface area (Å²) < 4.78 is 0. The number of carbonyl (C=O) groups is 2. The molecular weight excluding hydrogens is 535 g/mol. The van der Waals surface area contributed by atoms with Gasteiger partial charge in [0.2, 0.25) is 11.8 Å². The number of halogens is 2. The summed E-state index contributed by atoms with van der Waals surface area (Å²) in [6.07, 6.45) is 4.72. The smallest absolute Gasteiger partial charge is 0.243 e. The van der Waals surface area contributed by atoms with Gasteiger partial charge < -0.3 is 10.2 Å². The number of aryl methyl sites for hydroxylation is 1. The van der Waals surface area contributed by atoms with Crippen molar-refractivity contribution in [3.63, 3.8) is 0 Å². The monoisotopic (exact) mass is 568 g/mol. The Labute approximate surface area is 240 Å². The van der Waals surface area contributed by atoms with Crippen molar-refractivity contribution in [3.05, 3.63) is 105 Å².